The number of hydrogen-bond donors (Lipinski definition) is 1. The fourth-order valence-electron chi connectivity index (χ4n) is 2.47. The maximum absolute atomic E-state index is 13.6. The molecule has 3 aromatic rings. The van der Waals surface area contributed by atoms with Crippen molar-refractivity contribution in [3.8, 4) is 0 Å². The van der Waals surface area contributed by atoms with E-state index in [1.54, 1.807) is 6.07 Å². The summed E-state index contributed by atoms with van der Waals surface area (Å²) in [6.07, 6.45) is 2.69. The van der Waals surface area contributed by atoms with E-state index >= 15 is 0 Å². The predicted octanol–water partition coefficient (Wildman–Crippen LogP) is 4.64. The summed E-state index contributed by atoms with van der Waals surface area (Å²) < 4.78 is 18.7. The van der Waals surface area contributed by atoms with Crippen molar-refractivity contribution < 1.29 is 13.9 Å². The molecule has 0 aliphatic carbocycles. The molecule has 0 radical (unpaired) electrons. The van der Waals surface area contributed by atoms with Crippen molar-refractivity contribution in [2.75, 3.05) is 0 Å². The second-order valence-corrected chi connectivity index (χ2v) is 5.63. The van der Waals surface area contributed by atoms with Gasteiger partial charge in [-0.2, -0.15) is 0 Å². The number of para-hydroxylation sites is 1. The molecule has 3 rings (SSSR count). The van der Waals surface area contributed by atoms with Crippen molar-refractivity contribution in [1.82, 2.24) is 4.98 Å². The van der Waals surface area contributed by atoms with Crippen LogP contribution in [0.2, 0.25) is 5.02 Å². The van der Waals surface area contributed by atoms with Crippen molar-refractivity contribution >= 4 is 28.5 Å². The zero-order valence-corrected chi connectivity index (χ0v) is 13.1. The number of halogens is 2. The minimum Gasteiger partial charge on any atom is -0.461 e. The van der Waals surface area contributed by atoms with Crippen LogP contribution in [0.1, 0.15) is 17.5 Å². The number of esters is 1. The van der Waals surface area contributed by atoms with E-state index in [0.29, 0.717) is 6.42 Å². The average molecular weight is 332 g/mol. The predicted molar refractivity (Wildman–Crippen MR) is 87.8 cm³/mol. The molecule has 0 spiro atoms. The molecule has 0 aliphatic heterocycles. The Labute approximate surface area is 138 Å². The number of aryl methyl sites for hydroxylation is 1. The topological polar surface area (TPSA) is 42.1 Å². The van der Waals surface area contributed by atoms with E-state index in [0.717, 1.165) is 16.5 Å². The Hall–Kier alpha value is -2.33. The Morgan fingerprint density at radius 1 is 1.17 bits per heavy atom. The number of aromatic amines is 1. The molecular formula is C18H15ClFNO2. The summed E-state index contributed by atoms with van der Waals surface area (Å²) in [7, 11) is 0. The molecule has 1 heterocycles. The standard InChI is InChI=1S/C18H15ClFNO2/c19-15-5-3-6-16(20)14(15)11-23-18(22)9-8-12-10-21-17-7-2-1-4-13(12)17/h1-7,10,21H,8-9,11H2. The molecule has 0 unspecified atom stereocenters. The molecule has 0 amide bonds. The van der Waals surface area contributed by atoms with Crippen molar-refractivity contribution in [2.24, 2.45) is 0 Å². The molecule has 0 saturated heterocycles. The molecule has 5 heteroatoms. The Morgan fingerprint density at radius 3 is 2.83 bits per heavy atom. The van der Waals surface area contributed by atoms with Gasteiger partial charge in [0.2, 0.25) is 0 Å². The smallest absolute Gasteiger partial charge is 0.306 e. The van der Waals surface area contributed by atoms with Crippen LogP contribution in [-0.4, -0.2) is 11.0 Å². The second-order valence-electron chi connectivity index (χ2n) is 5.22. The molecule has 0 bridgehead atoms. The number of hydrogen-bond acceptors (Lipinski definition) is 2. The van der Waals surface area contributed by atoms with Gasteiger partial charge in [0, 0.05) is 29.1 Å². The third kappa shape index (κ3) is 3.54. The molecule has 3 nitrogen and oxygen atoms in total. The van der Waals surface area contributed by atoms with Crippen LogP contribution in [0, 0.1) is 5.82 Å². The summed E-state index contributed by atoms with van der Waals surface area (Å²) in [6, 6.07) is 12.3. The normalized spacial score (nSPS) is 10.9. The van der Waals surface area contributed by atoms with Crippen molar-refractivity contribution in [3.05, 3.63) is 70.6 Å². The number of ether oxygens (including phenoxy) is 1. The first-order valence-electron chi connectivity index (χ1n) is 7.28. The lowest BCUT2D eigenvalue weighted by atomic mass is 10.1. The number of nitrogens with one attached hydrogen (secondary N) is 1. The first-order chi connectivity index (χ1) is 11.1. The maximum Gasteiger partial charge on any atom is 0.306 e. The summed E-state index contributed by atoms with van der Waals surface area (Å²) in [4.78, 5) is 15.0. The molecular weight excluding hydrogens is 317 g/mol. The average Bonchev–Trinajstić information content (AvgIpc) is 2.96. The van der Waals surface area contributed by atoms with E-state index in [2.05, 4.69) is 4.98 Å². The highest BCUT2D eigenvalue weighted by Crippen LogP contribution is 2.21. The Kier molecular flexibility index (Phi) is 4.63. The van der Waals surface area contributed by atoms with Crippen molar-refractivity contribution in [3.63, 3.8) is 0 Å². The van der Waals surface area contributed by atoms with Crippen LogP contribution in [0.25, 0.3) is 10.9 Å². The van der Waals surface area contributed by atoms with E-state index in [1.165, 1.54) is 12.1 Å². The zero-order valence-electron chi connectivity index (χ0n) is 12.3. The number of fused-ring (bicyclic) bond motifs is 1. The molecule has 1 aromatic heterocycles. The van der Waals surface area contributed by atoms with Crippen LogP contribution in [0.3, 0.4) is 0 Å². The highest BCUT2D eigenvalue weighted by molar-refractivity contribution is 6.31. The maximum atomic E-state index is 13.6. The summed E-state index contributed by atoms with van der Waals surface area (Å²) in [5.74, 6) is -0.850. The lowest BCUT2D eigenvalue weighted by Crippen LogP contribution is -2.07. The summed E-state index contributed by atoms with van der Waals surface area (Å²) >= 11 is 5.90. The lowest BCUT2D eigenvalue weighted by molar-refractivity contribution is -0.144. The highest BCUT2D eigenvalue weighted by atomic mass is 35.5. The molecule has 0 atom stereocenters. The van der Waals surface area contributed by atoms with Crippen LogP contribution in [0.5, 0.6) is 0 Å². The second kappa shape index (κ2) is 6.84. The molecule has 23 heavy (non-hydrogen) atoms. The van der Waals surface area contributed by atoms with Gasteiger partial charge in [0.15, 0.2) is 0 Å². The van der Waals surface area contributed by atoms with Crippen LogP contribution in [-0.2, 0) is 22.6 Å². The number of carbonyl (C=O) groups excluding carboxylic acids is 1. The van der Waals surface area contributed by atoms with Gasteiger partial charge in [-0.05, 0) is 30.2 Å². The quantitative estimate of drug-likeness (QED) is 0.692. The number of aromatic nitrogens is 1. The van der Waals surface area contributed by atoms with Crippen LogP contribution in [0.4, 0.5) is 4.39 Å². The van der Waals surface area contributed by atoms with Gasteiger partial charge >= 0.3 is 5.97 Å². The summed E-state index contributed by atoms with van der Waals surface area (Å²) in [5, 5.41) is 1.35. The van der Waals surface area contributed by atoms with Gasteiger partial charge in [-0.3, -0.25) is 4.79 Å². The number of H-pyrrole nitrogens is 1. The minimum absolute atomic E-state index is 0.155. The van der Waals surface area contributed by atoms with Gasteiger partial charge in [-0.15, -0.1) is 0 Å². The Bertz CT molecular complexity index is 824. The number of rotatable bonds is 5. The monoisotopic (exact) mass is 331 g/mol. The SMILES string of the molecule is O=C(CCc1c[nH]c2ccccc12)OCc1c(F)cccc1Cl. The van der Waals surface area contributed by atoms with E-state index in [4.69, 9.17) is 16.3 Å². The summed E-state index contributed by atoms with van der Waals surface area (Å²) in [5.41, 5.74) is 2.30. The number of carbonyl (C=O) groups is 1. The van der Waals surface area contributed by atoms with E-state index in [9.17, 15) is 9.18 Å². The van der Waals surface area contributed by atoms with E-state index in [-0.39, 0.29) is 29.6 Å². The van der Waals surface area contributed by atoms with Crippen LogP contribution in [0.15, 0.2) is 48.7 Å². The third-order valence-electron chi connectivity index (χ3n) is 3.71. The van der Waals surface area contributed by atoms with E-state index in [1.807, 2.05) is 30.5 Å². The first-order valence-corrected chi connectivity index (χ1v) is 7.66. The third-order valence-corrected chi connectivity index (χ3v) is 4.07. The van der Waals surface area contributed by atoms with Gasteiger partial charge in [-0.25, -0.2) is 4.39 Å². The van der Waals surface area contributed by atoms with Crippen molar-refractivity contribution in [1.29, 1.82) is 0 Å². The minimum atomic E-state index is -0.470. The lowest BCUT2D eigenvalue weighted by Gasteiger charge is -2.07. The van der Waals surface area contributed by atoms with Crippen molar-refractivity contribution in [2.45, 2.75) is 19.4 Å². The molecule has 118 valence electrons. The largest absolute Gasteiger partial charge is 0.461 e. The molecule has 0 fully saturated rings. The van der Waals surface area contributed by atoms with Crippen LogP contribution < -0.4 is 0 Å². The molecule has 2 aromatic carbocycles. The molecule has 0 aliphatic rings. The molecule has 1 N–H and O–H groups in total. The van der Waals surface area contributed by atoms with Crippen LogP contribution >= 0.6 is 11.6 Å². The Balaban J connectivity index is 1.58. The fraction of sp³-hybridized carbons (Fsp3) is 0.167. The molecule has 0 saturated carbocycles. The van der Waals surface area contributed by atoms with Gasteiger partial charge in [-0.1, -0.05) is 35.9 Å². The summed E-state index contributed by atoms with van der Waals surface area (Å²) in [6.45, 7) is -0.155. The number of benzene rings is 2. The van der Waals surface area contributed by atoms with Gasteiger partial charge in [0.25, 0.3) is 0 Å². The fourth-order valence-corrected chi connectivity index (χ4v) is 2.69. The van der Waals surface area contributed by atoms with Gasteiger partial charge < -0.3 is 9.72 Å². The van der Waals surface area contributed by atoms with Gasteiger partial charge in [0.05, 0.1) is 5.02 Å². The van der Waals surface area contributed by atoms with Gasteiger partial charge in [0.1, 0.15) is 12.4 Å². The highest BCUT2D eigenvalue weighted by Gasteiger charge is 2.11. The first kappa shape index (κ1) is 15.6. The zero-order chi connectivity index (χ0) is 16.2. The van der Waals surface area contributed by atoms with E-state index < -0.39 is 5.82 Å². The Morgan fingerprint density at radius 2 is 2.00 bits per heavy atom.